The largest absolute Gasteiger partial charge is 0.481 e. The van der Waals surface area contributed by atoms with Gasteiger partial charge in [-0.15, -0.1) is 0 Å². The first-order valence-corrected chi connectivity index (χ1v) is 4.86. The molecule has 0 aromatic heterocycles. The smallest absolute Gasteiger partial charge is 0.307 e. The van der Waals surface area contributed by atoms with Crippen molar-refractivity contribution < 1.29 is 9.90 Å². The second kappa shape index (κ2) is 5.98. The number of nitrogens with two attached hydrogens (primary N) is 1. The molecule has 1 atom stereocenters. The molecule has 0 aliphatic rings. The molecule has 0 aliphatic heterocycles. The van der Waals surface area contributed by atoms with E-state index in [1.807, 2.05) is 30.3 Å². The molecule has 0 radical (unpaired) electrons. The van der Waals surface area contributed by atoms with Crippen molar-refractivity contribution in [2.75, 3.05) is 0 Å². The van der Waals surface area contributed by atoms with E-state index in [4.69, 9.17) is 10.8 Å². The Kier molecular flexibility index (Phi) is 4.57. The zero-order valence-electron chi connectivity index (χ0n) is 8.47. The van der Waals surface area contributed by atoms with E-state index in [1.54, 1.807) is 12.2 Å². The van der Waals surface area contributed by atoms with Gasteiger partial charge in [-0.25, -0.2) is 0 Å². The van der Waals surface area contributed by atoms with Crippen LogP contribution < -0.4 is 5.73 Å². The summed E-state index contributed by atoms with van der Waals surface area (Å²) in [4.78, 5) is 10.2. The van der Waals surface area contributed by atoms with E-state index in [1.165, 1.54) is 0 Å². The van der Waals surface area contributed by atoms with Gasteiger partial charge in [-0.2, -0.15) is 0 Å². The Balaban J connectivity index is 2.39. The monoisotopic (exact) mass is 205 g/mol. The Morgan fingerprint density at radius 1 is 1.40 bits per heavy atom. The van der Waals surface area contributed by atoms with Crippen LogP contribution in [0.25, 0.3) is 0 Å². The van der Waals surface area contributed by atoms with Gasteiger partial charge in [0, 0.05) is 6.04 Å². The van der Waals surface area contributed by atoms with Crippen LogP contribution in [0.3, 0.4) is 0 Å². The maximum Gasteiger partial charge on any atom is 0.307 e. The molecule has 3 heteroatoms. The summed E-state index contributed by atoms with van der Waals surface area (Å²) in [6, 6.07) is 9.77. The predicted molar refractivity (Wildman–Crippen MR) is 59.5 cm³/mol. The summed E-state index contributed by atoms with van der Waals surface area (Å²) in [6.45, 7) is 0. The summed E-state index contributed by atoms with van der Waals surface area (Å²) in [6.07, 6.45) is 4.09. The van der Waals surface area contributed by atoms with Crippen LogP contribution >= 0.6 is 0 Å². The standard InChI is InChI=1S/C12H15NO2/c13-11(7-4-8-12(14)15)9-10-5-2-1-3-6-10/h1-7,11H,8-9,13H2,(H,14,15)/b7-4-/t11-/m1/s1. The predicted octanol–water partition coefficient (Wildman–Crippen LogP) is 1.59. The number of hydrogen-bond acceptors (Lipinski definition) is 2. The van der Waals surface area contributed by atoms with Crippen molar-refractivity contribution in [3.63, 3.8) is 0 Å². The lowest BCUT2D eigenvalue weighted by atomic mass is 10.1. The maximum atomic E-state index is 10.2. The zero-order valence-corrected chi connectivity index (χ0v) is 8.47. The van der Waals surface area contributed by atoms with Crippen LogP contribution in [0, 0.1) is 0 Å². The first kappa shape index (κ1) is 11.5. The van der Waals surface area contributed by atoms with Crippen LogP contribution in [-0.4, -0.2) is 17.1 Å². The first-order valence-electron chi connectivity index (χ1n) is 4.86. The number of carboxylic acids is 1. The van der Waals surface area contributed by atoms with Crippen molar-refractivity contribution in [3.8, 4) is 0 Å². The quantitative estimate of drug-likeness (QED) is 0.717. The zero-order chi connectivity index (χ0) is 11.1. The molecule has 0 amide bonds. The third-order valence-electron chi connectivity index (χ3n) is 1.99. The van der Waals surface area contributed by atoms with Crippen molar-refractivity contribution in [2.45, 2.75) is 18.9 Å². The van der Waals surface area contributed by atoms with Crippen LogP contribution in [0.5, 0.6) is 0 Å². The highest BCUT2D eigenvalue weighted by molar-refractivity contribution is 5.68. The Labute approximate surface area is 89.2 Å². The maximum absolute atomic E-state index is 10.2. The number of benzene rings is 1. The Morgan fingerprint density at radius 2 is 2.07 bits per heavy atom. The van der Waals surface area contributed by atoms with Gasteiger partial charge in [0.15, 0.2) is 0 Å². The molecule has 1 aromatic carbocycles. The summed E-state index contributed by atoms with van der Waals surface area (Å²) in [5.41, 5.74) is 6.97. The third kappa shape index (κ3) is 4.98. The normalized spacial score (nSPS) is 12.9. The fourth-order valence-corrected chi connectivity index (χ4v) is 1.30. The summed E-state index contributed by atoms with van der Waals surface area (Å²) >= 11 is 0. The highest BCUT2D eigenvalue weighted by atomic mass is 16.4. The van der Waals surface area contributed by atoms with Gasteiger partial charge < -0.3 is 10.8 Å². The summed E-state index contributed by atoms with van der Waals surface area (Å²) in [7, 11) is 0. The van der Waals surface area contributed by atoms with E-state index in [9.17, 15) is 4.79 Å². The molecular formula is C12H15NO2. The molecule has 0 spiro atoms. The third-order valence-corrected chi connectivity index (χ3v) is 1.99. The highest BCUT2D eigenvalue weighted by Crippen LogP contribution is 2.02. The van der Waals surface area contributed by atoms with Crippen molar-refractivity contribution in [2.24, 2.45) is 5.73 Å². The van der Waals surface area contributed by atoms with Crippen LogP contribution in [0.4, 0.5) is 0 Å². The van der Waals surface area contributed by atoms with Gasteiger partial charge in [0.2, 0.25) is 0 Å². The van der Waals surface area contributed by atoms with Gasteiger partial charge >= 0.3 is 5.97 Å². The van der Waals surface area contributed by atoms with Gasteiger partial charge in [-0.05, 0) is 12.0 Å². The summed E-state index contributed by atoms with van der Waals surface area (Å²) < 4.78 is 0. The minimum Gasteiger partial charge on any atom is -0.481 e. The molecule has 3 N–H and O–H groups in total. The average Bonchev–Trinajstić information content (AvgIpc) is 2.18. The molecule has 0 aliphatic carbocycles. The Morgan fingerprint density at radius 3 is 2.67 bits per heavy atom. The SMILES string of the molecule is N[C@H](/C=C\CC(=O)O)Cc1ccccc1. The second-order valence-electron chi connectivity index (χ2n) is 3.38. The van der Waals surface area contributed by atoms with Crippen molar-refractivity contribution in [1.82, 2.24) is 0 Å². The lowest BCUT2D eigenvalue weighted by molar-refractivity contribution is -0.136. The number of carbonyl (C=O) groups is 1. The number of rotatable bonds is 5. The second-order valence-corrected chi connectivity index (χ2v) is 3.38. The molecule has 3 nitrogen and oxygen atoms in total. The number of aliphatic carboxylic acids is 1. The van der Waals surface area contributed by atoms with Crippen LogP contribution in [-0.2, 0) is 11.2 Å². The molecule has 0 unspecified atom stereocenters. The minimum absolute atomic E-state index is 0.0302. The molecular weight excluding hydrogens is 190 g/mol. The van der Waals surface area contributed by atoms with Gasteiger partial charge in [0.25, 0.3) is 0 Å². The molecule has 0 heterocycles. The minimum atomic E-state index is -0.835. The van der Waals surface area contributed by atoms with E-state index in [2.05, 4.69) is 0 Å². The molecule has 0 fully saturated rings. The molecule has 0 bridgehead atoms. The topological polar surface area (TPSA) is 63.3 Å². The lowest BCUT2D eigenvalue weighted by Gasteiger charge is -2.05. The van der Waals surface area contributed by atoms with Crippen molar-refractivity contribution >= 4 is 5.97 Å². The van der Waals surface area contributed by atoms with Gasteiger partial charge in [0.1, 0.15) is 0 Å². The van der Waals surface area contributed by atoms with E-state index >= 15 is 0 Å². The summed E-state index contributed by atoms with van der Waals surface area (Å²) in [5.74, 6) is -0.835. The van der Waals surface area contributed by atoms with Crippen molar-refractivity contribution in [3.05, 3.63) is 48.0 Å². The van der Waals surface area contributed by atoms with Gasteiger partial charge in [0.05, 0.1) is 6.42 Å². The van der Waals surface area contributed by atoms with Crippen LogP contribution in [0.15, 0.2) is 42.5 Å². The van der Waals surface area contributed by atoms with Gasteiger partial charge in [-0.1, -0.05) is 42.5 Å². The van der Waals surface area contributed by atoms with Crippen molar-refractivity contribution in [1.29, 1.82) is 0 Å². The molecule has 0 saturated heterocycles. The molecule has 15 heavy (non-hydrogen) atoms. The first-order chi connectivity index (χ1) is 7.18. The molecule has 1 aromatic rings. The molecule has 0 saturated carbocycles. The van der Waals surface area contributed by atoms with E-state index in [0.717, 1.165) is 12.0 Å². The Hall–Kier alpha value is -1.61. The van der Waals surface area contributed by atoms with Crippen LogP contribution in [0.2, 0.25) is 0 Å². The fourth-order valence-electron chi connectivity index (χ4n) is 1.30. The van der Waals surface area contributed by atoms with E-state index in [0.29, 0.717) is 0 Å². The Bertz CT molecular complexity index is 333. The van der Waals surface area contributed by atoms with Crippen LogP contribution in [0.1, 0.15) is 12.0 Å². The molecule has 1 rings (SSSR count). The van der Waals surface area contributed by atoms with E-state index in [-0.39, 0.29) is 12.5 Å². The number of carboxylic acid groups (broad SMARTS) is 1. The summed E-state index contributed by atoms with van der Waals surface area (Å²) in [5, 5.41) is 8.42. The lowest BCUT2D eigenvalue weighted by Crippen LogP contribution is -2.19. The van der Waals surface area contributed by atoms with Gasteiger partial charge in [-0.3, -0.25) is 4.79 Å². The average molecular weight is 205 g/mol. The fraction of sp³-hybridized carbons (Fsp3) is 0.250. The molecule has 80 valence electrons. The highest BCUT2D eigenvalue weighted by Gasteiger charge is 1.99. The van der Waals surface area contributed by atoms with E-state index < -0.39 is 5.97 Å². The number of hydrogen-bond donors (Lipinski definition) is 2.